The highest BCUT2D eigenvalue weighted by Gasteiger charge is 2.03. The lowest BCUT2D eigenvalue weighted by Crippen LogP contribution is -2.20. The molecule has 1 heterocycles. The van der Waals surface area contributed by atoms with E-state index in [1.807, 2.05) is 29.6 Å². The van der Waals surface area contributed by atoms with Crippen LogP contribution in [0.2, 0.25) is 0 Å². The lowest BCUT2D eigenvalue weighted by Gasteiger charge is -2.14. The standard InChI is InChI=1S/C7H11ClN4/c1-11(5-3-4-8)7-10-9-6-12(7)2/h3-4,6H,5H2,1-2H3/b4-3+. The second kappa shape index (κ2) is 4.11. The summed E-state index contributed by atoms with van der Waals surface area (Å²) in [6.07, 6.45) is 3.51. The van der Waals surface area contributed by atoms with E-state index in [-0.39, 0.29) is 0 Å². The summed E-state index contributed by atoms with van der Waals surface area (Å²) in [5, 5.41) is 7.70. The van der Waals surface area contributed by atoms with Crippen LogP contribution in [0.5, 0.6) is 0 Å². The van der Waals surface area contributed by atoms with Gasteiger partial charge in [-0.05, 0) is 0 Å². The average molecular weight is 187 g/mol. The van der Waals surface area contributed by atoms with Crippen molar-refractivity contribution in [3.05, 3.63) is 17.9 Å². The molecule has 0 saturated heterocycles. The number of likely N-dealkylation sites (N-methyl/N-ethyl adjacent to an activating group) is 1. The summed E-state index contributed by atoms with van der Waals surface area (Å²) < 4.78 is 1.85. The van der Waals surface area contributed by atoms with E-state index < -0.39 is 0 Å². The van der Waals surface area contributed by atoms with Crippen molar-refractivity contribution < 1.29 is 0 Å². The van der Waals surface area contributed by atoms with Gasteiger partial charge in [-0.3, -0.25) is 0 Å². The summed E-state index contributed by atoms with van der Waals surface area (Å²) in [7, 11) is 3.83. The monoisotopic (exact) mass is 186 g/mol. The second-order valence-corrected chi connectivity index (χ2v) is 2.74. The molecule has 1 aromatic heterocycles. The Balaban J connectivity index is 2.64. The molecule has 0 saturated carbocycles. The van der Waals surface area contributed by atoms with Gasteiger partial charge in [0.25, 0.3) is 0 Å². The Morgan fingerprint density at radius 2 is 2.50 bits per heavy atom. The SMILES string of the molecule is CN(C/C=C/Cl)c1nncn1C. The minimum atomic E-state index is 0.732. The van der Waals surface area contributed by atoms with Gasteiger partial charge in [-0.1, -0.05) is 17.7 Å². The molecule has 0 amide bonds. The van der Waals surface area contributed by atoms with Crippen molar-refractivity contribution in [3.63, 3.8) is 0 Å². The summed E-state index contributed by atoms with van der Waals surface area (Å²) in [5.74, 6) is 0.824. The third kappa shape index (κ3) is 1.98. The molecule has 0 aliphatic carbocycles. The second-order valence-electron chi connectivity index (χ2n) is 2.48. The molecule has 0 radical (unpaired) electrons. The van der Waals surface area contributed by atoms with Crippen molar-refractivity contribution in [2.75, 3.05) is 18.5 Å². The van der Waals surface area contributed by atoms with E-state index in [2.05, 4.69) is 10.2 Å². The van der Waals surface area contributed by atoms with Crippen molar-refractivity contribution in [1.29, 1.82) is 0 Å². The number of hydrogen-bond acceptors (Lipinski definition) is 3. The van der Waals surface area contributed by atoms with Crippen LogP contribution >= 0.6 is 11.6 Å². The molecule has 66 valence electrons. The topological polar surface area (TPSA) is 34.0 Å². The van der Waals surface area contributed by atoms with Crippen molar-refractivity contribution >= 4 is 17.5 Å². The molecular weight excluding hydrogens is 176 g/mol. The van der Waals surface area contributed by atoms with Crippen LogP contribution in [0, 0.1) is 0 Å². The van der Waals surface area contributed by atoms with Gasteiger partial charge in [0.15, 0.2) is 0 Å². The fraction of sp³-hybridized carbons (Fsp3) is 0.429. The maximum Gasteiger partial charge on any atom is 0.226 e. The number of hydrogen-bond donors (Lipinski definition) is 0. The largest absolute Gasteiger partial charge is 0.340 e. The van der Waals surface area contributed by atoms with Crippen LogP contribution in [-0.4, -0.2) is 28.4 Å². The van der Waals surface area contributed by atoms with Crippen LogP contribution in [0.15, 0.2) is 17.9 Å². The van der Waals surface area contributed by atoms with E-state index in [1.165, 1.54) is 5.54 Å². The molecule has 0 aliphatic heterocycles. The third-order valence-corrected chi connectivity index (χ3v) is 1.68. The van der Waals surface area contributed by atoms with E-state index in [0.29, 0.717) is 0 Å². The maximum atomic E-state index is 5.40. The normalized spacial score (nSPS) is 10.9. The Labute approximate surface area is 76.5 Å². The number of anilines is 1. The summed E-state index contributed by atoms with van der Waals surface area (Å²) in [5.41, 5.74) is 1.49. The molecule has 0 unspecified atom stereocenters. The van der Waals surface area contributed by atoms with Crippen LogP contribution in [-0.2, 0) is 7.05 Å². The van der Waals surface area contributed by atoms with Crippen LogP contribution < -0.4 is 4.90 Å². The predicted molar refractivity (Wildman–Crippen MR) is 49.3 cm³/mol. The van der Waals surface area contributed by atoms with Gasteiger partial charge in [0.05, 0.1) is 0 Å². The van der Waals surface area contributed by atoms with Crippen molar-refractivity contribution in [1.82, 2.24) is 14.8 Å². The molecule has 1 aromatic rings. The van der Waals surface area contributed by atoms with Crippen molar-refractivity contribution in [2.45, 2.75) is 0 Å². The zero-order chi connectivity index (χ0) is 8.97. The highest BCUT2D eigenvalue weighted by Crippen LogP contribution is 2.04. The Morgan fingerprint density at radius 1 is 1.75 bits per heavy atom. The first-order valence-electron chi connectivity index (χ1n) is 3.56. The van der Waals surface area contributed by atoms with E-state index >= 15 is 0 Å². The summed E-state index contributed by atoms with van der Waals surface area (Å²) in [6, 6.07) is 0. The number of rotatable bonds is 3. The molecule has 5 heteroatoms. The molecule has 0 aliphatic rings. The minimum absolute atomic E-state index is 0.732. The van der Waals surface area contributed by atoms with E-state index in [1.54, 1.807) is 6.33 Å². The lowest BCUT2D eigenvalue weighted by atomic mass is 10.5. The lowest BCUT2D eigenvalue weighted by molar-refractivity contribution is 0.844. The number of aromatic nitrogens is 3. The Bertz CT molecular complexity index is 268. The summed E-state index contributed by atoms with van der Waals surface area (Å²) in [4.78, 5) is 1.95. The van der Waals surface area contributed by atoms with Crippen molar-refractivity contribution in [2.24, 2.45) is 7.05 Å². The van der Waals surface area contributed by atoms with Crippen molar-refractivity contribution in [3.8, 4) is 0 Å². The first-order valence-corrected chi connectivity index (χ1v) is 3.99. The molecule has 0 bridgehead atoms. The van der Waals surface area contributed by atoms with E-state index in [9.17, 15) is 0 Å². The Hall–Kier alpha value is -1.03. The minimum Gasteiger partial charge on any atom is -0.340 e. The maximum absolute atomic E-state index is 5.40. The molecule has 4 nitrogen and oxygen atoms in total. The van der Waals surface area contributed by atoms with Gasteiger partial charge in [-0.2, -0.15) is 0 Å². The van der Waals surface area contributed by atoms with Crippen LogP contribution in [0.4, 0.5) is 5.95 Å². The van der Waals surface area contributed by atoms with Gasteiger partial charge in [0.2, 0.25) is 5.95 Å². The van der Waals surface area contributed by atoms with E-state index in [4.69, 9.17) is 11.6 Å². The number of nitrogens with zero attached hydrogens (tertiary/aromatic N) is 4. The quantitative estimate of drug-likeness (QED) is 0.707. The molecule has 0 spiro atoms. The highest BCUT2D eigenvalue weighted by atomic mass is 35.5. The van der Waals surface area contributed by atoms with Gasteiger partial charge in [-0.15, -0.1) is 10.2 Å². The third-order valence-electron chi connectivity index (χ3n) is 1.50. The zero-order valence-corrected chi connectivity index (χ0v) is 7.86. The molecule has 12 heavy (non-hydrogen) atoms. The van der Waals surface area contributed by atoms with Gasteiger partial charge >= 0.3 is 0 Å². The number of halogens is 1. The zero-order valence-electron chi connectivity index (χ0n) is 7.11. The fourth-order valence-electron chi connectivity index (χ4n) is 0.902. The Morgan fingerprint density at radius 3 is 3.00 bits per heavy atom. The molecule has 0 fully saturated rings. The molecule has 0 N–H and O–H groups in total. The van der Waals surface area contributed by atoms with Crippen LogP contribution in [0.25, 0.3) is 0 Å². The van der Waals surface area contributed by atoms with Gasteiger partial charge in [0.1, 0.15) is 6.33 Å². The average Bonchev–Trinajstić information content (AvgIpc) is 2.47. The van der Waals surface area contributed by atoms with E-state index in [0.717, 1.165) is 12.5 Å². The Kier molecular flexibility index (Phi) is 3.10. The number of aryl methyl sites for hydroxylation is 1. The van der Waals surface area contributed by atoms with Crippen LogP contribution in [0.1, 0.15) is 0 Å². The predicted octanol–water partition coefficient (Wildman–Crippen LogP) is 1.00. The summed E-state index contributed by atoms with van der Waals surface area (Å²) >= 11 is 5.40. The van der Waals surface area contributed by atoms with Crippen LogP contribution in [0.3, 0.4) is 0 Å². The molecular formula is C7H11ClN4. The fourth-order valence-corrected chi connectivity index (χ4v) is 0.982. The molecule has 1 rings (SSSR count). The molecule has 0 aromatic carbocycles. The smallest absolute Gasteiger partial charge is 0.226 e. The first kappa shape index (κ1) is 9.06. The van der Waals surface area contributed by atoms with Gasteiger partial charge in [0, 0.05) is 26.2 Å². The summed E-state index contributed by atoms with van der Waals surface area (Å²) in [6.45, 7) is 0.732. The molecule has 0 atom stereocenters. The highest BCUT2D eigenvalue weighted by molar-refractivity contribution is 6.25. The van der Waals surface area contributed by atoms with Gasteiger partial charge in [-0.25, -0.2) is 0 Å². The first-order chi connectivity index (χ1) is 5.75. The van der Waals surface area contributed by atoms with Gasteiger partial charge < -0.3 is 9.47 Å².